The zero-order valence-corrected chi connectivity index (χ0v) is 21.3. The van der Waals surface area contributed by atoms with Crippen LogP contribution in [0, 0.1) is 46.3 Å². The minimum atomic E-state index is -0.0758. The molecule has 9 rings (SSSR count). The number of piperidine rings is 2. The van der Waals surface area contributed by atoms with Gasteiger partial charge in [-0.15, -0.1) is 0 Å². The monoisotopic (exact) mass is 489 g/mol. The van der Waals surface area contributed by atoms with Crippen LogP contribution in [0.15, 0.2) is 24.3 Å². The van der Waals surface area contributed by atoms with E-state index in [-0.39, 0.29) is 16.7 Å². The smallest absolute Gasteiger partial charge is 0.229 e. The number of amides is 2. The summed E-state index contributed by atoms with van der Waals surface area (Å²) >= 11 is 0. The molecule has 2 amide bonds. The van der Waals surface area contributed by atoms with Gasteiger partial charge >= 0.3 is 0 Å². The van der Waals surface area contributed by atoms with Crippen LogP contribution < -0.4 is 10.1 Å². The maximum Gasteiger partial charge on any atom is 0.229 e. The van der Waals surface area contributed by atoms with Gasteiger partial charge in [0.2, 0.25) is 11.8 Å². The summed E-state index contributed by atoms with van der Waals surface area (Å²) in [5.74, 6) is 4.86. The van der Waals surface area contributed by atoms with Gasteiger partial charge in [0.15, 0.2) is 0 Å². The summed E-state index contributed by atoms with van der Waals surface area (Å²) in [5, 5.41) is 3.26. The number of ether oxygens (including phenoxy) is 1. The van der Waals surface area contributed by atoms with Crippen molar-refractivity contribution in [2.45, 2.75) is 51.5 Å². The Hall–Kier alpha value is -2.08. The summed E-state index contributed by atoms with van der Waals surface area (Å²) in [6.07, 6.45) is 8.40. The molecule has 0 aromatic heterocycles. The summed E-state index contributed by atoms with van der Waals surface area (Å²) in [7, 11) is 0. The summed E-state index contributed by atoms with van der Waals surface area (Å²) in [5.41, 5.74) is 1.24. The lowest BCUT2D eigenvalue weighted by Crippen LogP contribution is -3.12. The van der Waals surface area contributed by atoms with Crippen LogP contribution in [0.1, 0.15) is 50.5 Å². The fourth-order valence-electron chi connectivity index (χ4n) is 10.5. The number of nitrogens with zero attached hydrogens (tertiary/aromatic N) is 2. The Kier molecular flexibility index (Phi) is 4.71. The number of likely N-dealkylation sites (tertiary alicyclic amines) is 2. The highest BCUT2D eigenvalue weighted by molar-refractivity contribution is 6.00. The van der Waals surface area contributed by atoms with Gasteiger partial charge in [0.25, 0.3) is 0 Å². The number of hydrogen-bond acceptors (Lipinski definition) is 4. The van der Waals surface area contributed by atoms with E-state index in [1.165, 1.54) is 44.3 Å². The van der Waals surface area contributed by atoms with E-state index >= 15 is 0 Å². The molecular weight excluding hydrogens is 450 g/mol. The van der Waals surface area contributed by atoms with Gasteiger partial charge in [-0.3, -0.25) is 14.5 Å². The first kappa shape index (κ1) is 22.0. The van der Waals surface area contributed by atoms with Crippen LogP contribution in [0.4, 0.5) is 0 Å². The average Bonchev–Trinajstić information content (AvgIpc) is 2.93. The maximum atomic E-state index is 13.3. The fourth-order valence-corrected chi connectivity index (χ4v) is 10.5. The third kappa shape index (κ3) is 2.44. The van der Waals surface area contributed by atoms with Gasteiger partial charge in [0.1, 0.15) is 5.75 Å². The Bertz CT molecular complexity index is 1040. The Morgan fingerprint density at radius 2 is 1.50 bits per heavy atom. The zero-order chi connectivity index (χ0) is 24.1. The van der Waals surface area contributed by atoms with Crippen molar-refractivity contribution in [2.75, 3.05) is 39.3 Å². The third-order valence-electron chi connectivity index (χ3n) is 11.7. The molecule has 2 aliphatic heterocycles. The molecule has 2 heterocycles. The van der Waals surface area contributed by atoms with Crippen LogP contribution in [-0.4, -0.2) is 60.9 Å². The van der Waals surface area contributed by atoms with Crippen molar-refractivity contribution in [3.05, 3.63) is 29.8 Å². The third-order valence-corrected chi connectivity index (χ3v) is 11.7. The minimum absolute atomic E-state index is 0.00422. The molecule has 0 atom stereocenters. The number of carbonyl (C=O) groups excluding carboxylic acids is 2. The maximum absolute atomic E-state index is 13.3. The second-order valence-electron chi connectivity index (χ2n) is 12.8. The highest BCUT2D eigenvalue weighted by Crippen LogP contribution is 3.10. The summed E-state index contributed by atoms with van der Waals surface area (Å²) in [4.78, 5) is 31.3. The van der Waals surface area contributed by atoms with Gasteiger partial charge in [-0.25, -0.2) is 0 Å². The molecule has 6 heteroatoms. The summed E-state index contributed by atoms with van der Waals surface area (Å²) < 4.78 is 6.02. The molecule has 6 nitrogen and oxygen atoms in total. The molecule has 6 saturated carbocycles. The van der Waals surface area contributed by atoms with Crippen LogP contribution in [0.25, 0.3) is 0 Å². The molecule has 36 heavy (non-hydrogen) atoms. The predicted octanol–water partition coefficient (Wildman–Crippen LogP) is 3.31. The summed E-state index contributed by atoms with van der Waals surface area (Å²) in [6.45, 7) is 6.63. The topological polar surface area (TPSA) is 61.9 Å². The standard InChI is InChI=1S/C30H39N3O3/c34-27(31-11-8-16-36-20-10-7-9-19(17-20)18-32-12-3-1-4-13-32)29-21-24-22(29)26-23(29)25(21)30(24,26)28(35)33-14-5-2-6-15-33/h7,9-10,17,21-26H,1-6,8,11-16,18H2,(H,31,34). The van der Waals surface area contributed by atoms with Crippen LogP contribution in [0.5, 0.6) is 5.75 Å². The van der Waals surface area contributed by atoms with Crippen LogP contribution in [0.3, 0.4) is 0 Å². The van der Waals surface area contributed by atoms with Crippen molar-refractivity contribution < 1.29 is 14.3 Å². The normalized spacial score (nSPS) is 42.6. The quantitative estimate of drug-likeness (QED) is 0.541. The molecule has 2 saturated heterocycles. The van der Waals surface area contributed by atoms with Crippen LogP contribution >= 0.6 is 0 Å². The number of benzene rings is 1. The molecule has 1 aromatic rings. The van der Waals surface area contributed by atoms with E-state index in [0.717, 1.165) is 44.6 Å². The molecule has 6 aliphatic carbocycles. The van der Waals surface area contributed by atoms with Crippen LogP contribution in [0.2, 0.25) is 0 Å². The van der Waals surface area contributed by atoms with Gasteiger partial charge in [-0.2, -0.15) is 0 Å². The van der Waals surface area contributed by atoms with Gasteiger partial charge in [-0.1, -0.05) is 18.6 Å². The number of nitrogens with one attached hydrogen (secondary N) is 1. The molecule has 0 radical (unpaired) electrons. The largest absolute Gasteiger partial charge is 0.494 e. The Morgan fingerprint density at radius 3 is 2.19 bits per heavy atom. The van der Waals surface area contributed by atoms with Gasteiger partial charge in [0.05, 0.1) is 17.4 Å². The zero-order valence-electron chi connectivity index (χ0n) is 21.3. The van der Waals surface area contributed by atoms with Gasteiger partial charge in [0, 0.05) is 26.2 Å². The molecule has 1 N–H and O–H groups in total. The van der Waals surface area contributed by atoms with Crippen molar-refractivity contribution in [2.24, 2.45) is 46.3 Å². The Morgan fingerprint density at radius 1 is 0.861 bits per heavy atom. The predicted molar refractivity (Wildman–Crippen MR) is 135 cm³/mol. The van der Waals surface area contributed by atoms with E-state index < -0.39 is 0 Å². The Labute approximate surface area is 214 Å². The van der Waals surface area contributed by atoms with Crippen molar-refractivity contribution >= 4 is 11.8 Å². The SMILES string of the molecule is O=C(NCCCOc1cccc(CN2CCCCC2)c1)C12C3C4C1C1C2C3C41C(=O)N1CCCCC1. The van der Waals surface area contributed by atoms with E-state index in [4.69, 9.17) is 4.74 Å². The molecule has 8 aliphatic rings. The first-order chi connectivity index (χ1) is 17.7. The minimum Gasteiger partial charge on any atom is -0.494 e. The lowest BCUT2D eigenvalue weighted by Gasteiger charge is -3.09. The van der Waals surface area contributed by atoms with Crippen molar-refractivity contribution in [1.82, 2.24) is 15.1 Å². The molecular formula is C30H39N3O3. The first-order valence-corrected chi connectivity index (χ1v) is 14.7. The van der Waals surface area contributed by atoms with E-state index in [9.17, 15) is 9.59 Å². The van der Waals surface area contributed by atoms with E-state index in [0.29, 0.717) is 54.6 Å². The molecule has 0 spiro atoms. The fraction of sp³-hybridized carbons (Fsp3) is 0.733. The highest BCUT2D eigenvalue weighted by atomic mass is 16.5. The molecule has 8 fully saturated rings. The van der Waals surface area contributed by atoms with Crippen molar-refractivity contribution in [3.63, 3.8) is 0 Å². The average molecular weight is 490 g/mol. The summed E-state index contributed by atoms with van der Waals surface area (Å²) in [6, 6.07) is 8.48. The van der Waals surface area contributed by atoms with E-state index in [2.05, 4.69) is 33.3 Å². The Balaban J connectivity index is 0.798. The van der Waals surface area contributed by atoms with E-state index in [1.54, 1.807) is 0 Å². The first-order valence-electron chi connectivity index (χ1n) is 14.7. The molecule has 0 unspecified atom stereocenters. The lowest BCUT2D eigenvalue weighted by molar-refractivity contribution is -0.625. The lowest BCUT2D eigenvalue weighted by atomic mass is 8.92. The second-order valence-corrected chi connectivity index (χ2v) is 12.8. The van der Waals surface area contributed by atoms with Crippen molar-refractivity contribution in [1.29, 1.82) is 0 Å². The van der Waals surface area contributed by atoms with Gasteiger partial charge in [-0.05, 0) is 105 Å². The number of rotatable bonds is 9. The second kappa shape index (κ2) is 7.72. The van der Waals surface area contributed by atoms with E-state index in [1.807, 2.05) is 6.07 Å². The highest BCUT2D eigenvalue weighted by Gasteiger charge is 3.13. The van der Waals surface area contributed by atoms with Crippen LogP contribution in [-0.2, 0) is 16.1 Å². The van der Waals surface area contributed by atoms with Crippen molar-refractivity contribution in [3.8, 4) is 5.75 Å². The molecule has 1 aromatic carbocycles. The van der Waals surface area contributed by atoms with Gasteiger partial charge < -0.3 is 15.0 Å². The number of carbonyl (C=O) groups is 2. The number of hydrogen-bond donors (Lipinski definition) is 1. The molecule has 0 bridgehead atoms. The molecule has 192 valence electrons.